The Balaban J connectivity index is 1.27. The van der Waals surface area contributed by atoms with E-state index in [4.69, 9.17) is 4.74 Å². The van der Waals surface area contributed by atoms with Crippen LogP contribution in [0.5, 0.6) is 5.75 Å². The van der Waals surface area contributed by atoms with Crippen LogP contribution >= 0.6 is 0 Å². The first kappa shape index (κ1) is 23.0. The molecule has 0 spiro atoms. The minimum Gasteiger partial charge on any atom is -0.489 e. The third kappa shape index (κ3) is 4.85. The Labute approximate surface area is 203 Å². The van der Waals surface area contributed by atoms with Gasteiger partial charge in [-0.2, -0.15) is 5.10 Å². The lowest BCUT2D eigenvalue weighted by Crippen LogP contribution is -2.19. The second-order valence-electron chi connectivity index (χ2n) is 7.91. The highest BCUT2D eigenvalue weighted by Gasteiger charge is 2.15. The van der Waals surface area contributed by atoms with Gasteiger partial charge in [-0.05, 0) is 53.6 Å². The number of ether oxygens (including phenoxy) is 1. The van der Waals surface area contributed by atoms with Crippen LogP contribution in [-0.2, 0) is 6.61 Å². The molecule has 6 nitrogen and oxygen atoms in total. The lowest BCUT2D eigenvalue weighted by atomic mass is 10.1. The van der Waals surface area contributed by atoms with Gasteiger partial charge in [-0.1, -0.05) is 42.5 Å². The Bertz CT molecular complexity index is 1540. The van der Waals surface area contributed by atoms with E-state index in [1.807, 2.05) is 42.5 Å². The predicted molar refractivity (Wildman–Crippen MR) is 131 cm³/mol. The average Bonchev–Trinajstić information content (AvgIpc) is 3.29. The Morgan fingerprint density at radius 1 is 0.833 bits per heavy atom. The van der Waals surface area contributed by atoms with Crippen molar-refractivity contribution in [1.29, 1.82) is 0 Å². The molecule has 0 radical (unpaired) electrons. The van der Waals surface area contributed by atoms with Crippen molar-refractivity contribution in [1.82, 2.24) is 10.2 Å². The number of urea groups is 1. The van der Waals surface area contributed by atoms with E-state index in [2.05, 4.69) is 20.8 Å². The van der Waals surface area contributed by atoms with Crippen LogP contribution in [0, 0.1) is 17.5 Å². The zero-order chi connectivity index (χ0) is 25.1. The molecule has 0 fully saturated rings. The molecule has 0 aliphatic carbocycles. The van der Waals surface area contributed by atoms with Crippen molar-refractivity contribution in [2.45, 2.75) is 6.61 Å². The molecule has 0 atom stereocenters. The summed E-state index contributed by atoms with van der Waals surface area (Å²) >= 11 is 0. The van der Waals surface area contributed by atoms with Crippen LogP contribution in [-0.4, -0.2) is 16.2 Å². The number of halogens is 3. The Kier molecular flexibility index (Phi) is 6.27. The zero-order valence-electron chi connectivity index (χ0n) is 18.7. The van der Waals surface area contributed by atoms with Crippen molar-refractivity contribution >= 4 is 28.4 Å². The minimum absolute atomic E-state index is 0.233. The SMILES string of the molecule is O=C(Nc1ccc(-c2ccccc2)cc1)Nc1n[nH]c2ccc(OCc3c(F)ccc(F)c3F)cc12. The quantitative estimate of drug-likeness (QED) is 0.228. The minimum atomic E-state index is -1.30. The zero-order valence-corrected chi connectivity index (χ0v) is 18.7. The molecule has 0 saturated carbocycles. The molecule has 0 aliphatic rings. The maximum absolute atomic E-state index is 13.9. The van der Waals surface area contributed by atoms with Gasteiger partial charge in [-0.3, -0.25) is 10.4 Å². The third-order valence-corrected chi connectivity index (χ3v) is 5.54. The molecule has 2 amide bonds. The summed E-state index contributed by atoms with van der Waals surface area (Å²) in [6, 6.07) is 23.1. The van der Waals surface area contributed by atoms with Gasteiger partial charge in [0.1, 0.15) is 18.2 Å². The summed E-state index contributed by atoms with van der Waals surface area (Å²) in [6.45, 7) is -0.513. The number of amides is 2. The second-order valence-corrected chi connectivity index (χ2v) is 7.91. The Hall–Kier alpha value is -4.79. The van der Waals surface area contributed by atoms with Gasteiger partial charge in [-0.15, -0.1) is 0 Å². The average molecular weight is 488 g/mol. The second kappa shape index (κ2) is 9.83. The molecule has 5 aromatic rings. The molecule has 36 heavy (non-hydrogen) atoms. The number of hydrogen-bond acceptors (Lipinski definition) is 3. The number of aromatic nitrogens is 2. The van der Waals surface area contributed by atoms with Crippen molar-refractivity contribution in [2.75, 3.05) is 10.6 Å². The van der Waals surface area contributed by atoms with Gasteiger partial charge in [0, 0.05) is 11.1 Å². The molecular formula is C27H19F3N4O2. The van der Waals surface area contributed by atoms with Gasteiger partial charge >= 0.3 is 6.03 Å². The number of anilines is 2. The Morgan fingerprint density at radius 3 is 2.33 bits per heavy atom. The maximum atomic E-state index is 13.9. The van der Waals surface area contributed by atoms with Gasteiger partial charge in [0.25, 0.3) is 0 Å². The van der Waals surface area contributed by atoms with Crippen molar-refractivity contribution in [2.24, 2.45) is 0 Å². The largest absolute Gasteiger partial charge is 0.489 e. The highest BCUT2D eigenvalue weighted by molar-refractivity contribution is 6.04. The van der Waals surface area contributed by atoms with E-state index in [0.717, 1.165) is 17.2 Å². The number of nitrogens with zero attached hydrogens (tertiary/aromatic N) is 1. The normalized spacial score (nSPS) is 10.9. The van der Waals surface area contributed by atoms with Gasteiger partial charge in [0.05, 0.1) is 11.1 Å². The molecule has 0 unspecified atom stereocenters. The van der Waals surface area contributed by atoms with E-state index in [-0.39, 0.29) is 11.6 Å². The molecule has 5 rings (SSSR count). The van der Waals surface area contributed by atoms with Crippen molar-refractivity contribution in [3.63, 3.8) is 0 Å². The molecule has 9 heteroatoms. The lowest BCUT2D eigenvalue weighted by molar-refractivity contribution is 0.262. The number of benzene rings is 4. The van der Waals surface area contributed by atoms with Gasteiger partial charge in [0.15, 0.2) is 17.5 Å². The smallest absolute Gasteiger partial charge is 0.324 e. The number of rotatable bonds is 6. The number of fused-ring (bicyclic) bond motifs is 1. The topological polar surface area (TPSA) is 79.0 Å². The van der Waals surface area contributed by atoms with Crippen LogP contribution in [0.1, 0.15) is 5.56 Å². The molecule has 0 saturated heterocycles. The predicted octanol–water partition coefficient (Wildman–Crippen LogP) is 6.87. The fourth-order valence-electron chi connectivity index (χ4n) is 3.68. The number of nitrogens with one attached hydrogen (secondary N) is 3. The summed E-state index contributed by atoms with van der Waals surface area (Å²) in [5.41, 5.74) is 2.77. The molecule has 1 heterocycles. The van der Waals surface area contributed by atoms with Crippen LogP contribution < -0.4 is 15.4 Å². The van der Waals surface area contributed by atoms with E-state index in [9.17, 15) is 18.0 Å². The summed E-state index contributed by atoms with van der Waals surface area (Å²) in [7, 11) is 0. The molecule has 0 aliphatic heterocycles. The van der Waals surface area contributed by atoms with E-state index in [1.165, 1.54) is 0 Å². The highest BCUT2D eigenvalue weighted by atomic mass is 19.2. The first-order valence-corrected chi connectivity index (χ1v) is 10.9. The first-order chi connectivity index (χ1) is 17.5. The number of carbonyl (C=O) groups is 1. The van der Waals surface area contributed by atoms with Crippen molar-refractivity contribution < 1.29 is 22.7 Å². The molecule has 3 N–H and O–H groups in total. The van der Waals surface area contributed by atoms with Crippen LogP contribution in [0.3, 0.4) is 0 Å². The molecular weight excluding hydrogens is 469 g/mol. The van der Waals surface area contributed by atoms with Gasteiger partial charge in [-0.25, -0.2) is 18.0 Å². The molecule has 4 aromatic carbocycles. The first-order valence-electron chi connectivity index (χ1n) is 10.9. The van der Waals surface area contributed by atoms with Crippen LogP contribution in [0.2, 0.25) is 0 Å². The number of H-pyrrole nitrogens is 1. The summed E-state index contributed by atoms with van der Waals surface area (Å²) in [4.78, 5) is 12.6. The number of aromatic amines is 1. The van der Waals surface area contributed by atoms with Crippen LogP contribution in [0.15, 0.2) is 84.9 Å². The summed E-state index contributed by atoms with van der Waals surface area (Å²) in [5, 5.41) is 12.8. The van der Waals surface area contributed by atoms with Gasteiger partial charge in [0.2, 0.25) is 0 Å². The third-order valence-electron chi connectivity index (χ3n) is 5.54. The fraction of sp³-hybridized carbons (Fsp3) is 0.0370. The monoisotopic (exact) mass is 488 g/mol. The molecule has 1 aromatic heterocycles. The van der Waals surface area contributed by atoms with E-state index < -0.39 is 35.7 Å². The number of carbonyl (C=O) groups excluding carboxylic acids is 1. The van der Waals surface area contributed by atoms with E-state index in [0.29, 0.717) is 22.7 Å². The Morgan fingerprint density at radius 2 is 1.56 bits per heavy atom. The number of hydrogen-bond donors (Lipinski definition) is 3. The fourth-order valence-corrected chi connectivity index (χ4v) is 3.68. The van der Waals surface area contributed by atoms with Crippen LogP contribution in [0.25, 0.3) is 22.0 Å². The van der Waals surface area contributed by atoms with Crippen molar-refractivity contribution in [3.8, 4) is 16.9 Å². The van der Waals surface area contributed by atoms with Gasteiger partial charge < -0.3 is 10.1 Å². The van der Waals surface area contributed by atoms with Crippen molar-refractivity contribution in [3.05, 3.63) is 108 Å². The molecule has 0 bridgehead atoms. The maximum Gasteiger partial charge on any atom is 0.324 e. The summed E-state index contributed by atoms with van der Waals surface area (Å²) < 4.78 is 46.7. The summed E-state index contributed by atoms with van der Waals surface area (Å²) in [6.07, 6.45) is 0. The lowest BCUT2D eigenvalue weighted by Gasteiger charge is -2.09. The molecule has 180 valence electrons. The highest BCUT2D eigenvalue weighted by Crippen LogP contribution is 2.27. The summed E-state index contributed by atoms with van der Waals surface area (Å²) in [5.74, 6) is -2.87. The van der Waals surface area contributed by atoms with E-state index in [1.54, 1.807) is 30.3 Å². The van der Waals surface area contributed by atoms with Crippen LogP contribution in [0.4, 0.5) is 29.5 Å². The van der Waals surface area contributed by atoms with E-state index >= 15 is 0 Å². The standard InChI is InChI=1S/C27H19F3N4O2/c28-22-11-12-23(29)25(30)21(22)15-36-19-10-13-24-20(14-19)26(34-33-24)32-27(35)31-18-8-6-17(7-9-18)16-4-2-1-3-5-16/h1-14H,15H2,(H3,31,32,33,34,35).